The minimum Gasteiger partial charge on any atom is -0.346 e. The third-order valence-electron chi connectivity index (χ3n) is 10.2. The Hall–Kier alpha value is -5.90. The fourth-order valence-electron chi connectivity index (χ4n) is 7.57. The number of nitrogens with zero attached hydrogens (tertiary/aromatic N) is 7. The second-order valence-corrected chi connectivity index (χ2v) is 17.1. The molecule has 0 radical (unpaired) electrons. The first kappa shape index (κ1) is 39.9. The lowest BCUT2D eigenvalue weighted by Crippen LogP contribution is -2.35. The molecular formula is C37H31F7N10O3S2. The fraction of sp³-hybridized carbons (Fsp3) is 0.297. The van der Waals surface area contributed by atoms with E-state index in [0.29, 0.717) is 48.2 Å². The number of anilines is 1. The number of nitrogens with one attached hydrogen (secondary N) is 3. The average Bonchev–Trinajstić information content (AvgIpc) is 3.96. The third kappa shape index (κ3) is 7.27. The Labute approximate surface area is 333 Å². The van der Waals surface area contributed by atoms with Gasteiger partial charge in [-0.25, -0.2) is 32.2 Å². The van der Waals surface area contributed by atoms with Gasteiger partial charge in [-0.15, -0.1) is 11.3 Å². The fourth-order valence-corrected chi connectivity index (χ4v) is 8.99. The first-order chi connectivity index (χ1) is 27.7. The van der Waals surface area contributed by atoms with Crippen LogP contribution >= 0.6 is 11.3 Å². The molecule has 1 aliphatic carbocycles. The van der Waals surface area contributed by atoms with Crippen molar-refractivity contribution in [1.29, 1.82) is 0 Å². The number of benzene rings is 2. The molecular weight excluding hydrogens is 830 g/mol. The summed E-state index contributed by atoms with van der Waals surface area (Å²) in [6, 6.07) is 7.95. The standard InChI is InChI=1S/C37H31F7N10O3S2/c1-16-17(2)36(40,41)32-28(16)31(37(42,43)44)50-54(32)14-27(55)47-24(10-18-8-19(38)11-20(39)9-18)29-23(12-26-34(48-29)49-35(58-26)25-13-45-15-46-25)21-6-5-7-22-30(21)53(3)51-33(22)52-59(4,56)57/h5-9,11-13,15-17,24H,10,14H2,1-4H3,(H,45,46)(H,47,55)(H,51,52)/t16-,17+,24-/m0/s1. The SMILES string of the molecule is C[C@@H]1c2c(C(F)(F)F)nn(CC(=O)N[C@@H](Cc3cc(F)cc(F)c3)c3nc4nc(-c5cnc[nH]5)sc4cc3-c3cccc4c(NS(C)(=O)=O)nn(C)c34)c2C(F)(F)[C@@H]1C. The number of aromatic nitrogens is 8. The van der Waals surface area contributed by atoms with E-state index in [9.17, 15) is 35.2 Å². The summed E-state index contributed by atoms with van der Waals surface area (Å²) in [4.78, 5) is 30.5. The summed E-state index contributed by atoms with van der Waals surface area (Å²) >= 11 is 1.23. The molecule has 0 saturated heterocycles. The maximum absolute atomic E-state index is 15.6. The number of carbonyl (C=O) groups excluding carboxylic acids is 1. The molecule has 5 heterocycles. The topological polar surface area (TPSA) is 165 Å². The van der Waals surface area contributed by atoms with E-state index in [0.717, 1.165) is 25.3 Å². The highest BCUT2D eigenvalue weighted by Gasteiger charge is 2.57. The van der Waals surface area contributed by atoms with Gasteiger partial charge in [-0.3, -0.25) is 18.9 Å². The molecule has 0 saturated carbocycles. The maximum Gasteiger partial charge on any atom is 0.435 e. The smallest absolute Gasteiger partial charge is 0.346 e. The summed E-state index contributed by atoms with van der Waals surface area (Å²) in [5, 5.41) is 11.4. The number of hydrogen-bond acceptors (Lipinski definition) is 9. The summed E-state index contributed by atoms with van der Waals surface area (Å²) in [5.41, 5.74) is -1.33. The van der Waals surface area contributed by atoms with Gasteiger partial charge in [0.1, 0.15) is 28.9 Å². The molecule has 308 valence electrons. The zero-order valence-corrected chi connectivity index (χ0v) is 32.8. The summed E-state index contributed by atoms with van der Waals surface area (Å²) < 4.78 is 132. The summed E-state index contributed by atoms with van der Waals surface area (Å²) in [6.45, 7) is 1.27. The Morgan fingerprint density at radius 2 is 1.78 bits per heavy atom. The van der Waals surface area contributed by atoms with Crippen molar-refractivity contribution in [3.63, 3.8) is 0 Å². The molecule has 22 heteroatoms. The minimum atomic E-state index is -5.11. The molecule has 1 aliphatic rings. The molecule has 0 bridgehead atoms. The first-order valence-corrected chi connectivity index (χ1v) is 20.4. The van der Waals surface area contributed by atoms with Crippen molar-refractivity contribution in [3.8, 4) is 21.8 Å². The van der Waals surface area contributed by atoms with Gasteiger partial charge in [0, 0.05) is 41.1 Å². The number of alkyl halides is 5. The second kappa shape index (κ2) is 14.1. The monoisotopic (exact) mass is 860 g/mol. The number of pyridine rings is 1. The maximum atomic E-state index is 15.6. The molecule has 0 spiro atoms. The van der Waals surface area contributed by atoms with Crippen LogP contribution in [0.25, 0.3) is 43.1 Å². The third-order valence-corrected chi connectivity index (χ3v) is 11.8. The Balaban J connectivity index is 1.31. The zero-order chi connectivity index (χ0) is 42.3. The summed E-state index contributed by atoms with van der Waals surface area (Å²) in [7, 11) is -2.22. The number of H-pyrrole nitrogens is 1. The van der Waals surface area contributed by atoms with Gasteiger partial charge in [-0.2, -0.15) is 32.1 Å². The number of imidazole rings is 1. The number of amides is 1. The molecule has 0 aliphatic heterocycles. The van der Waals surface area contributed by atoms with Gasteiger partial charge in [0.15, 0.2) is 17.2 Å². The van der Waals surface area contributed by atoms with Crippen LogP contribution in [0.5, 0.6) is 0 Å². The molecule has 13 nitrogen and oxygen atoms in total. The molecule has 5 aromatic heterocycles. The molecule has 0 fully saturated rings. The minimum absolute atomic E-state index is 0.00673. The van der Waals surface area contributed by atoms with E-state index in [1.165, 1.54) is 35.5 Å². The van der Waals surface area contributed by atoms with Crippen molar-refractivity contribution < 1.29 is 43.9 Å². The van der Waals surface area contributed by atoms with Crippen molar-refractivity contribution in [2.24, 2.45) is 13.0 Å². The highest BCUT2D eigenvalue weighted by Crippen LogP contribution is 2.55. The number of para-hydroxylation sites is 1. The molecule has 2 aromatic carbocycles. The van der Waals surface area contributed by atoms with Crippen molar-refractivity contribution in [1.82, 2.24) is 44.8 Å². The second-order valence-electron chi connectivity index (χ2n) is 14.3. The van der Waals surface area contributed by atoms with Crippen LogP contribution in [0.3, 0.4) is 0 Å². The summed E-state index contributed by atoms with van der Waals surface area (Å²) in [6.07, 6.45) is -1.52. The number of aromatic amines is 1. The van der Waals surface area contributed by atoms with Gasteiger partial charge in [-0.1, -0.05) is 26.0 Å². The van der Waals surface area contributed by atoms with Crippen molar-refractivity contribution in [3.05, 3.63) is 94.8 Å². The number of aryl methyl sites for hydroxylation is 1. The molecule has 8 rings (SSSR count). The van der Waals surface area contributed by atoms with Crippen LogP contribution in [0, 0.1) is 17.6 Å². The largest absolute Gasteiger partial charge is 0.435 e. The lowest BCUT2D eigenvalue weighted by molar-refractivity contribution is -0.143. The highest BCUT2D eigenvalue weighted by atomic mass is 32.2. The number of halogens is 7. The van der Waals surface area contributed by atoms with Crippen LogP contribution in [0.1, 0.15) is 54.0 Å². The quantitative estimate of drug-likeness (QED) is 0.119. The Kier molecular flexibility index (Phi) is 9.56. The number of thiazole rings is 1. The number of fused-ring (bicyclic) bond motifs is 3. The van der Waals surface area contributed by atoms with Gasteiger partial charge < -0.3 is 10.3 Å². The highest BCUT2D eigenvalue weighted by molar-refractivity contribution is 7.92. The molecule has 3 atom stereocenters. The van der Waals surface area contributed by atoms with Crippen LogP contribution in [-0.2, 0) is 46.9 Å². The molecule has 3 N–H and O–H groups in total. The van der Waals surface area contributed by atoms with Crippen LogP contribution in [0.4, 0.5) is 36.6 Å². The number of sulfonamides is 1. The first-order valence-electron chi connectivity index (χ1n) is 17.7. The molecule has 59 heavy (non-hydrogen) atoms. The van der Waals surface area contributed by atoms with Gasteiger partial charge in [0.25, 0.3) is 5.92 Å². The van der Waals surface area contributed by atoms with Crippen molar-refractivity contribution >= 4 is 54.3 Å². The normalized spacial score (nSPS) is 17.1. The Morgan fingerprint density at radius 3 is 2.44 bits per heavy atom. The van der Waals surface area contributed by atoms with Crippen LogP contribution in [0.15, 0.2) is 55.0 Å². The van der Waals surface area contributed by atoms with E-state index >= 15 is 8.78 Å². The van der Waals surface area contributed by atoms with Crippen LogP contribution in [-0.4, -0.2) is 60.1 Å². The number of hydrogen-bond donors (Lipinski definition) is 3. The van der Waals surface area contributed by atoms with E-state index < -0.39 is 81.0 Å². The van der Waals surface area contributed by atoms with Crippen LogP contribution < -0.4 is 10.0 Å². The molecule has 0 unspecified atom stereocenters. The predicted molar refractivity (Wildman–Crippen MR) is 203 cm³/mol. The summed E-state index contributed by atoms with van der Waals surface area (Å²) in [5.74, 6) is -9.50. The van der Waals surface area contributed by atoms with Crippen molar-refractivity contribution in [2.75, 3.05) is 11.0 Å². The van der Waals surface area contributed by atoms with E-state index in [1.54, 1.807) is 31.3 Å². The average molecular weight is 861 g/mol. The molecule has 1 amide bonds. The number of carbonyl (C=O) groups is 1. The molecule has 7 aromatic rings. The van der Waals surface area contributed by atoms with Crippen molar-refractivity contribution in [2.45, 2.75) is 50.9 Å². The lowest BCUT2D eigenvalue weighted by atomic mass is 9.94. The number of rotatable bonds is 10. The van der Waals surface area contributed by atoms with Gasteiger partial charge in [0.05, 0.1) is 46.4 Å². The van der Waals surface area contributed by atoms with Crippen LogP contribution in [0.2, 0.25) is 0 Å². The van der Waals surface area contributed by atoms with Gasteiger partial charge in [-0.05, 0) is 42.2 Å². The van der Waals surface area contributed by atoms with E-state index in [2.05, 4.69) is 35.2 Å². The van der Waals surface area contributed by atoms with E-state index in [-0.39, 0.29) is 29.1 Å². The predicted octanol–water partition coefficient (Wildman–Crippen LogP) is 7.45. The van der Waals surface area contributed by atoms with E-state index in [1.807, 2.05) is 0 Å². The van der Waals surface area contributed by atoms with Gasteiger partial charge in [0.2, 0.25) is 15.9 Å². The lowest BCUT2D eigenvalue weighted by Gasteiger charge is -2.23. The van der Waals surface area contributed by atoms with Gasteiger partial charge >= 0.3 is 6.18 Å². The zero-order valence-electron chi connectivity index (χ0n) is 31.2. The Bertz CT molecular complexity index is 2890. The van der Waals surface area contributed by atoms with E-state index in [4.69, 9.17) is 4.98 Å². The Morgan fingerprint density at radius 1 is 1.05 bits per heavy atom.